The molecule has 0 aliphatic rings. The second kappa shape index (κ2) is 7.48. The maximum Gasteiger partial charge on any atom is 0.326 e. The molecule has 6 nitrogen and oxygen atoms in total. The van der Waals surface area contributed by atoms with Gasteiger partial charge < -0.3 is 20.4 Å². The number of hydrogen-bond acceptors (Lipinski definition) is 4. The number of urea groups is 1. The molecule has 0 heterocycles. The van der Waals surface area contributed by atoms with Crippen molar-refractivity contribution in [2.24, 2.45) is 0 Å². The first-order valence-electron chi connectivity index (χ1n) is 5.63. The zero-order valence-corrected chi connectivity index (χ0v) is 12.1. The Morgan fingerprint density at radius 1 is 1.44 bits per heavy atom. The summed E-state index contributed by atoms with van der Waals surface area (Å²) in [5, 5.41) is 21.0. The van der Waals surface area contributed by atoms with E-state index in [0.29, 0.717) is 12.2 Å². The summed E-state index contributed by atoms with van der Waals surface area (Å²) in [6.07, 6.45) is 2.25. The molecule has 3 N–H and O–H groups in total. The lowest BCUT2D eigenvalue weighted by atomic mass is 10.1. The number of carbonyl (C=O) groups is 2. The van der Waals surface area contributed by atoms with E-state index < -0.39 is 23.6 Å². The lowest BCUT2D eigenvalue weighted by Gasteiger charge is -2.27. The predicted octanol–water partition coefficient (Wildman–Crippen LogP) is 0.605. The molecule has 0 unspecified atom stereocenters. The summed E-state index contributed by atoms with van der Waals surface area (Å²) in [6.45, 7) is 3.30. The molecule has 0 aromatic rings. The van der Waals surface area contributed by atoms with Crippen LogP contribution in [-0.4, -0.2) is 64.4 Å². The van der Waals surface area contributed by atoms with Crippen LogP contribution >= 0.6 is 11.8 Å². The van der Waals surface area contributed by atoms with Crippen LogP contribution in [0.2, 0.25) is 0 Å². The first kappa shape index (κ1) is 17.1. The molecule has 0 aromatic carbocycles. The van der Waals surface area contributed by atoms with Gasteiger partial charge >= 0.3 is 12.0 Å². The second-order valence-electron chi connectivity index (χ2n) is 4.79. The number of aliphatic hydroxyl groups is 1. The van der Waals surface area contributed by atoms with Crippen LogP contribution in [0.4, 0.5) is 4.79 Å². The van der Waals surface area contributed by atoms with Crippen molar-refractivity contribution >= 4 is 23.8 Å². The van der Waals surface area contributed by atoms with E-state index in [4.69, 9.17) is 5.11 Å². The zero-order valence-electron chi connectivity index (χ0n) is 11.3. The van der Waals surface area contributed by atoms with Crippen LogP contribution < -0.4 is 5.32 Å². The Bertz CT molecular complexity index is 291. The Labute approximate surface area is 112 Å². The average Bonchev–Trinajstić information content (AvgIpc) is 2.20. The quantitative estimate of drug-likeness (QED) is 0.634. The highest BCUT2D eigenvalue weighted by atomic mass is 32.2. The fourth-order valence-corrected chi connectivity index (χ4v) is 1.88. The highest BCUT2D eigenvalue weighted by Gasteiger charge is 2.24. The van der Waals surface area contributed by atoms with E-state index in [9.17, 15) is 14.7 Å². The number of thioether (sulfide) groups is 1. The monoisotopic (exact) mass is 278 g/mol. The molecular weight excluding hydrogens is 256 g/mol. The van der Waals surface area contributed by atoms with Gasteiger partial charge in [0.15, 0.2) is 0 Å². The van der Waals surface area contributed by atoms with Crippen LogP contribution in [0.1, 0.15) is 20.3 Å². The lowest BCUT2D eigenvalue weighted by molar-refractivity contribution is -0.139. The summed E-state index contributed by atoms with van der Waals surface area (Å²) in [4.78, 5) is 24.0. The van der Waals surface area contributed by atoms with E-state index in [0.717, 1.165) is 0 Å². The van der Waals surface area contributed by atoms with Gasteiger partial charge in [0.2, 0.25) is 0 Å². The minimum Gasteiger partial charge on any atom is -0.480 e. The number of amides is 2. The van der Waals surface area contributed by atoms with Gasteiger partial charge in [-0.05, 0) is 32.3 Å². The van der Waals surface area contributed by atoms with E-state index in [2.05, 4.69) is 5.32 Å². The van der Waals surface area contributed by atoms with Crippen LogP contribution in [-0.2, 0) is 4.79 Å². The highest BCUT2D eigenvalue weighted by molar-refractivity contribution is 7.98. The minimum atomic E-state index is -1.05. The smallest absolute Gasteiger partial charge is 0.326 e. The molecule has 0 rings (SSSR count). The molecule has 18 heavy (non-hydrogen) atoms. The Morgan fingerprint density at radius 2 is 2.00 bits per heavy atom. The normalized spacial score (nSPS) is 12.9. The van der Waals surface area contributed by atoms with E-state index in [1.54, 1.807) is 13.8 Å². The van der Waals surface area contributed by atoms with Crippen molar-refractivity contribution in [1.29, 1.82) is 0 Å². The van der Waals surface area contributed by atoms with Gasteiger partial charge in [0.05, 0.1) is 12.1 Å². The first-order chi connectivity index (χ1) is 8.17. The Kier molecular flexibility index (Phi) is 7.08. The van der Waals surface area contributed by atoms with Crippen molar-refractivity contribution in [1.82, 2.24) is 10.2 Å². The summed E-state index contributed by atoms with van der Waals surface area (Å²) in [7, 11) is 1.51. The van der Waals surface area contributed by atoms with E-state index in [1.165, 1.54) is 23.7 Å². The molecule has 0 spiro atoms. The molecule has 0 aliphatic carbocycles. The van der Waals surface area contributed by atoms with E-state index >= 15 is 0 Å². The molecule has 106 valence electrons. The first-order valence-corrected chi connectivity index (χ1v) is 7.02. The van der Waals surface area contributed by atoms with Gasteiger partial charge in [-0.15, -0.1) is 0 Å². The fourth-order valence-electron chi connectivity index (χ4n) is 1.40. The number of carboxylic acid groups (broad SMARTS) is 1. The van der Waals surface area contributed by atoms with Gasteiger partial charge in [-0.1, -0.05) is 0 Å². The average molecular weight is 278 g/mol. The number of nitrogens with zero attached hydrogens (tertiary/aromatic N) is 1. The summed E-state index contributed by atoms with van der Waals surface area (Å²) in [5.41, 5.74) is -1.01. The summed E-state index contributed by atoms with van der Waals surface area (Å²) in [5.74, 6) is -0.388. The van der Waals surface area contributed by atoms with Crippen LogP contribution in [0.25, 0.3) is 0 Å². The number of rotatable bonds is 7. The van der Waals surface area contributed by atoms with Crippen molar-refractivity contribution in [3.63, 3.8) is 0 Å². The number of aliphatic carboxylic acids is 1. The van der Waals surface area contributed by atoms with Crippen LogP contribution in [0.3, 0.4) is 0 Å². The van der Waals surface area contributed by atoms with E-state index in [-0.39, 0.29) is 6.54 Å². The second-order valence-corrected chi connectivity index (χ2v) is 5.78. The lowest BCUT2D eigenvalue weighted by Crippen LogP contribution is -2.50. The van der Waals surface area contributed by atoms with Crippen molar-refractivity contribution in [2.75, 3.05) is 25.6 Å². The number of nitrogens with one attached hydrogen (secondary N) is 1. The predicted molar refractivity (Wildman–Crippen MR) is 71.9 cm³/mol. The molecule has 0 bridgehead atoms. The molecule has 0 fully saturated rings. The Balaban J connectivity index is 4.36. The Morgan fingerprint density at radius 3 is 2.39 bits per heavy atom. The highest BCUT2D eigenvalue weighted by Crippen LogP contribution is 2.05. The zero-order chi connectivity index (χ0) is 14.3. The molecule has 1 atom stereocenters. The van der Waals surface area contributed by atoms with Gasteiger partial charge in [0.25, 0.3) is 0 Å². The summed E-state index contributed by atoms with van der Waals surface area (Å²) < 4.78 is 0. The third kappa shape index (κ3) is 7.39. The molecule has 2 amide bonds. The summed E-state index contributed by atoms with van der Waals surface area (Å²) in [6, 6.07) is -1.39. The molecule has 0 radical (unpaired) electrons. The molecular formula is C11H22N2O4S. The van der Waals surface area contributed by atoms with Gasteiger partial charge in [-0.2, -0.15) is 11.8 Å². The number of hydrogen-bond donors (Lipinski definition) is 3. The van der Waals surface area contributed by atoms with Crippen LogP contribution in [0.15, 0.2) is 0 Å². The third-order valence-corrected chi connectivity index (χ3v) is 2.82. The standard InChI is InChI=1S/C11H22N2O4S/c1-11(2,17)7-13(3)10(16)12-8(9(14)15)5-6-18-4/h8,17H,5-7H2,1-4H3,(H,12,16)(H,14,15)/t8-/m1/s1. The molecule has 0 aliphatic heterocycles. The molecule has 0 aromatic heterocycles. The van der Waals surface area contributed by atoms with E-state index in [1.807, 2.05) is 6.26 Å². The van der Waals surface area contributed by atoms with Crippen molar-refractivity contribution in [3.05, 3.63) is 0 Å². The van der Waals surface area contributed by atoms with Crippen molar-refractivity contribution in [2.45, 2.75) is 31.9 Å². The molecule has 7 heteroatoms. The van der Waals surface area contributed by atoms with Crippen molar-refractivity contribution in [3.8, 4) is 0 Å². The maximum absolute atomic E-state index is 11.7. The van der Waals surface area contributed by atoms with Crippen molar-refractivity contribution < 1.29 is 19.8 Å². The molecule has 0 saturated heterocycles. The maximum atomic E-state index is 11.7. The van der Waals surface area contributed by atoms with Gasteiger partial charge in [-0.3, -0.25) is 0 Å². The number of likely N-dealkylation sites (N-methyl/N-ethyl adjacent to an activating group) is 1. The Hall–Kier alpha value is -0.950. The largest absolute Gasteiger partial charge is 0.480 e. The fraction of sp³-hybridized carbons (Fsp3) is 0.818. The molecule has 0 saturated carbocycles. The topological polar surface area (TPSA) is 89.9 Å². The van der Waals surface area contributed by atoms with Crippen LogP contribution in [0, 0.1) is 0 Å². The SMILES string of the molecule is CSCC[C@@H](NC(=O)N(C)CC(C)(C)O)C(=O)O. The van der Waals surface area contributed by atoms with Gasteiger partial charge in [0, 0.05) is 7.05 Å². The van der Waals surface area contributed by atoms with Gasteiger partial charge in [-0.25, -0.2) is 9.59 Å². The number of carboxylic acids is 1. The van der Waals surface area contributed by atoms with Gasteiger partial charge in [0.1, 0.15) is 6.04 Å². The number of carbonyl (C=O) groups excluding carboxylic acids is 1. The van der Waals surface area contributed by atoms with Crippen LogP contribution in [0.5, 0.6) is 0 Å². The minimum absolute atomic E-state index is 0.133. The summed E-state index contributed by atoms with van der Waals surface area (Å²) >= 11 is 1.52. The third-order valence-electron chi connectivity index (χ3n) is 2.18.